The summed E-state index contributed by atoms with van der Waals surface area (Å²) in [5.74, 6) is -0.250. The number of hydrazone groups is 1. The highest BCUT2D eigenvalue weighted by Gasteiger charge is 2.00. The number of hydrogen-bond acceptors (Lipinski definition) is 3. The number of para-hydroxylation sites is 1. The first-order valence-electron chi connectivity index (χ1n) is 6.21. The van der Waals surface area contributed by atoms with Crippen LogP contribution in [0.4, 0.5) is 5.69 Å². The van der Waals surface area contributed by atoms with Gasteiger partial charge in [0.25, 0.3) is 5.91 Å². The second kappa shape index (κ2) is 7.67. The van der Waals surface area contributed by atoms with E-state index in [0.717, 1.165) is 5.69 Å². The molecule has 0 fully saturated rings. The lowest BCUT2D eigenvalue weighted by Gasteiger charge is -2.04. The lowest BCUT2D eigenvalue weighted by Crippen LogP contribution is -2.25. The Kier molecular flexibility index (Phi) is 5.60. The van der Waals surface area contributed by atoms with Crippen molar-refractivity contribution in [3.63, 3.8) is 0 Å². The summed E-state index contributed by atoms with van der Waals surface area (Å²) in [4.78, 5) is 11.6. The molecule has 2 N–H and O–H groups in total. The Labute approximate surface area is 132 Å². The summed E-state index contributed by atoms with van der Waals surface area (Å²) in [5.41, 5.74) is 3.97. The molecule has 108 valence electrons. The van der Waals surface area contributed by atoms with Crippen LogP contribution in [0.3, 0.4) is 0 Å². The first-order valence-corrected chi connectivity index (χ1v) is 6.96. The fourth-order valence-electron chi connectivity index (χ4n) is 1.56. The third-order valence-electron chi connectivity index (χ3n) is 2.58. The average molecular weight is 322 g/mol. The third-order valence-corrected chi connectivity index (χ3v) is 3.14. The lowest BCUT2D eigenvalue weighted by molar-refractivity contribution is -0.119. The van der Waals surface area contributed by atoms with Crippen molar-refractivity contribution >= 4 is 41.0 Å². The smallest absolute Gasteiger partial charge is 0.259 e. The van der Waals surface area contributed by atoms with Crippen LogP contribution in [-0.4, -0.2) is 18.7 Å². The molecule has 1 amide bonds. The van der Waals surface area contributed by atoms with Crippen molar-refractivity contribution < 1.29 is 4.79 Å². The van der Waals surface area contributed by atoms with Crippen molar-refractivity contribution in [1.82, 2.24) is 5.43 Å². The predicted molar refractivity (Wildman–Crippen MR) is 87.1 cm³/mol. The van der Waals surface area contributed by atoms with Gasteiger partial charge < -0.3 is 5.32 Å². The Morgan fingerprint density at radius 3 is 2.62 bits per heavy atom. The maximum Gasteiger partial charge on any atom is 0.259 e. The van der Waals surface area contributed by atoms with Crippen LogP contribution in [0.15, 0.2) is 53.6 Å². The summed E-state index contributed by atoms with van der Waals surface area (Å²) in [5, 5.41) is 7.86. The molecule has 0 saturated carbocycles. The van der Waals surface area contributed by atoms with Crippen molar-refractivity contribution in [3.05, 3.63) is 64.1 Å². The van der Waals surface area contributed by atoms with E-state index in [1.54, 1.807) is 18.2 Å². The molecular weight excluding hydrogens is 309 g/mol. The van der Waals surface area contributed by atoms with Gasteiger partial charge in [-0.3, -0.25) is 4.79 Å². The van der Waals surface area contributed by atoms with Gasteiger partial charge >= 0.3 is 0 Å². The molecule has 0 saturated heterocycles. The molecule has 2 rings (SSSR count). The fourth-order valence-corrected chi connectivity index (χ4v) is 2.02. The van der Waals surface area contributed by atoms with Gasteiger partial charge in [0.15, 0.2) is 0 Å². The van der Waals surface area contributed by atoms with E-state index in [0.29, 0.717) is 15.6 Å². The molecule has 0 aliphatic heterocycles. The van der Waals surface area contributed by atoms with Gasteiger partial charge in [-0.25, -0.2) is 5.43 Å². The van der Waals surface area contributed by atoms with Crippen molar-refractivity contribution in [2.24, 2.45) is 5.10 Å². The Balaban J connectivity index is 1.82. The van der Waals surface area contributed by atoms with E-state index in [9.17, 15) is 4.79 Å². The van der Waals surface area contributed by atoms with Crippen LogP contribution in [0.2, 0.25) is 10.0 Å². The minimum atomic E-state index is -0.250. The Bertz CT molecular complexity index is 645. The summed E-state index contributed by atoms with van der Waals surface area (Å²) >= 11 is 11.8. The fraction of sp³-hybridized carbons (Fsp3) is 0.0667. The predicted octanol–water partition coefficient (Wildman–Crippen LogP) is 3.56. The molecule has 2 aromatic rings. The number of carbonyl (C=O) groups is 1. The molecule has 0 radical (unpaired) electrons. The van der Waals surface area contributed by atoms with Crippen LogP contribution in [-0.2, 0) is 4.79 Å². The van der Waals surface area contributed by atoms with Crippen LogP contribution in [0, 0.1) is 0 Å². The van der Waals surface area contributed by atoms with E-state index in [1.165, 1.54) is 6.21 Å². The second-order valence-electron chi connectivity index (χ2n) is 4.18. The first-order chi connectivity index (χ1) is 10.1. The zero-order valence-electron chi connectivity index (χ0n) is 11.0. The molecule has 0 aliphatic rings. The van der Waals surface area contributed by atoms with Gasteiger partial charge in [0.1, 0.15) is 0 Å². The normalized spacial score (nSPS) is 10.6. The molecule has 0 aromatic heterocycles. The number of halogens is 2. The molecule has 0 atom stereocenters. The van der Waals surface area contributed by atoms with Crippen molar-refractivity contribution in [2.75, 3.05) is 11.9 Å². The van der Waals surface area contributed by atoms with Gasteiger partial charge in [-0.15, -0.1) is 0 Å². The van der Waals surface area contributed by atoms with Crippen LogP contribution >= 0.6 is 23.2 Å². The third kappa shape index (κ3) is 5.10. The Morgan fingerprint density at radius 2 is 1.90 bits per heavy atom. The van der Waals surface area contributed by atoms with Crippen molar-refractivity contribution in [2.45, 2.75) is 0 Å². The zero-order chi connectivity index (χ0) is 15.1. The molecule has 0 unspecified atom stereocenters. The van der Waals surface area contributed by atoms with E-state index in [4.69, 9.17) is 23.2 Å². The number of nitrogens with one attached hydrogen (secondary N) is 2. The van der Waals surface area contributed by atoms with E-state index < -0.39 is 0 Å². The summed E-state index contributed by atoms with van der Waals surface area (Å²) in [6.45, 7) is 0.135. The number of carbonyl (C=O) groups excluding carboxylic acids is 1. The van der Waals surface area contributed by atoms with E-state index >= 15 is 0 Å². The van der Waals surface area contributed by atoms with Crippen LogP contribution in [0.5, 0.6) is 0 Å². The SMILES string of the molecule is O=C(CNc1ccccc1)NN=Cc1ccc(Cl)cc1Cl. The van der Waals surface area contributed by atoms with Crippen molar-refractivity contribution in [1.29, 1.82) is 0 Å². The van der Waals surface area contributed by atoms with Gasteiger partial charge in [-0.05, 0) is 24.3 Å². The largest absolute Gasteiger partial charge is 0.376 e. The van der Waals surface area contributed by atoms with Crippen molar-refractivity contribution in [3.8, 4) is 0 Å². The zero-order valence-corrected chi connectivity index (χ0v) is 12.5. The van der Waals surface area contributed by atoms with Crippen LogP contribution in [0.25, 0.3) is 0 Å². The topological polar surface area (TPSA) is 53.5 Å². The minimum Gasteiger partial charge on any atom is -0.376 e. The van der Waals surface area contributed by atoms with Gasteiger partial charge in [0.05, 0.1) is 17.8 Å². The Morgan fingerprint density at radius 1 is 1.14 bits per heavy atom. The standard InChI is InChI=1S/C15H13Cl2N3O/c16-12-7-6-11(14(17)8-12)9-19-20-15(21)10-18-13-4-2-1-3-5-13/h1-9,18H,10H2,(H,20,21). The maximum absolute atomic E-state index is 11.6. The minimum absolute atomic E-state index is 0.135. The van der Waals surface area contributed by atoms with E-state index in [-0.39, 0.29) is 12.5 Å². The van der Waals surface area contributed by atoms with E-state index in [1.807, 2.05) is 30.3 Å². The quantitative estimate of drug-likeness (QED) is 0.653. The average Bonchev–Trinajstić information content (AvgIpc) is 2.48. The van der Waals surface area contributed by atoms with Gasteiger partial charge in [-0.1, -0.05) is 47.5 Å². The number of anilines is 1. The number of nitrogens with zero attached hydrogens (tertiary/aromatic N) is 1. The van der Waals surface area contributed by atoms with Gasteiger partial charge in [0.2, 0.25) is 0 Å². The molecule has 0 bridgehead atoms. The van der Waals surface area contributed by atoms with Gasteiger partial charge in [-0.2, -0.15) is 5.10 Å². The molecule has 0 aliphatic carbocycles. The summed E-state index contributed by atoms with van der Waals surface area (Å²) in [6.07, 6.45) is 1.47. The lowest BCUT2D eigenvalue weighted by atomic mass is 10.2. The Hall–Kier alpha value is -2.04. The summed E-state index contributed by atoms with van der Waals surface area (Å²) < 4.78 is 0. The number of hydrogen-bond donors (Lipinski definition) is 2. The molecule has 6 heteroatoms. The number of benzene rings is 2. The molecular formula is C15H13Cl2N3O. The highest BCUT2D eigenvalue weighted by Crippen LogP contribution is 2.19. The van der Waals surface area contributed by atoms with Crippen LogP contribution in [0.1, 0.15) is 5.56 Å². The summed E-state index contributed by atoms with van der Waals surface area (Å²) in [6, 6.07) is 14.5. The first kappa shape index (κ1) is 15.4. The highest BCUT2D eigenvalue weighted by molar-refractivity contribution is 6.36. The van der Waals surface area contributed by atoms with Crippen LogP contribution < -0.4 is 10.7 Å². The van der Waals surface area contributed by atoms with E-state index in [2.05, 4.69) is 15.8 Å². The molecule has 21 heavy (non-hydrogen) atoms. The molecule has 0 heterocycles. The highest BCUT2D eigenvalue weighted by atomic mass is 35.5. The maximum atomic E-state index is 11.6. The molecule has 4 nitrogen and oxygen atoms in total. The number of amides is 1. The summed E-state index contributed by atoms with van der Waals surface area (Å²) in [7, 11) is 0. The molecule has 2 aromatic carbocycles. The van der Waals surface area contributed by atoms with Gasteiger partial charge in [0, 0.05) is 16.3 Å². The number of rotatable bonds is 5. The monoisotopic (exact) mass is 321 g/mol. The molecule has 0 spiro atoms. The second-order valence-corrected chi connectivity index (χ2v) is 5.02.